The van der Waals surface area contributed by atoms with Gasteiger partial charge in [0.25, 0.3) is 0 Å². The zero-order valence-electron chi connectivity index (χ0n) is 13.1. The van der Waals surface area contributed by atoms with Crippen molar-refractivity contribution in [3.63, 3.8) is 0 Å². The van der Waals surface area contributed by atoms with E-state index in [1.165, 1.54) is 32.1 Å². The number of nitrogens with one attached hydrogen (secondary N) is 1. The molecular formula is C18H26N2O2. The Morgan fingerprint density at radius 1 is 1.27 bits per heavy atom. The second-order valence-electron chi connectivity index (χ2n) is 6.78. The highest BCUT2D eigenvalue weighted by molar-refractivity contribution is 5.74. The summed E-state index contributed by atoms with van der Waals surface area (Å²) in [5.74, 6) is 0.835. The molecule has 0 radical (unpaired) electrons. The maximum Gasteiger partial charge on any atom is 0.317 e. The summed E-state index contributed by atoms with van der Waals surface area (Å²) in [6.07, 6.45) is 6.49. The lowest BCUT2D eigenvalue weighted by Crippen LogP contribution is -2.48. The van der Waals surface area contributed by atoms with Gasteiger partial charge >= 0.3 is 6.03 Å². The molecule has 0 atom stereocenters. The van der Waals surface area contributed by atoms with Crippen LogP contribution in [0, 0.1) is 11.3 Å². The van der Waals surface area contributed by atoms with Gasteiger partial charge in [0.15, 0.2) is 0 Å². The number of aliphatic hydroxyl groups is 1. The van der Waals surface area contributed by atoms with Gasteiger partial charge in [-0.2, -0.15) is 0 Å². The van der Waals surface area contributed by atoms with Crippen LogP contribution in [-0.4, -0.2) is 35.7 Å². The number of amides is 2. The fourth-order valence-electron chi connectivity index (χ4n) is 3.60. The number of urea groups is 1. The van der Waals surface area contributed by atoms with Gasteiger partial charge in [-0.3, -0.25) is 0 Å². The van der Waals surface area contributed by atoms with E-state index < -0.39 is 0 Å². The Hall–Kier alpha value is -1.55. The lowest BCUT2D eigenvalue weighted by molar-refractivity contribution is 0.0964. The number of hydrogen-bond donors (Lipinski definition) is 2. The van der Waals surface area contributed by atoms with E-state index in [0.717, 1.165) is 18.0 Å². The second-order valence-corrected chi connectivity index (χ2v) is 6.78. The van der Waals surface area contributed by atoms with Crippen LogP contribution < -0.4 is 5.32 Å². The summed E-state index contributed by atoms with van der Waals surface area (Å²) in [5.41, 5.74) is 1.47. The molecule has 0 bridgehead atoms. The van der Waals surface area contributed by atoms with Crippen molar-refractivity contribution in [2.75, 3.05) is 19.7 Å². The van der Waals surface area contributed by atoms with Crippen molar-refractivity contribution >= 4 is 6.03 Å². The summed E-state index contributed by atoms with van der Waals surface area (Å²) in [4.78, 5) is 14.2. The third kappa shape index (κ3) is 3.43. The zero-order valence-corrected chi connectivity index (χ0v) is 13.1. The Kier molecular flexibility index (Phi) is 4.67. The first kappa shape index (κ1) is 15.3. The van der Waals surface area contributed by atoms with Crippen LogP contribution in [0.3, 0.4) is 0 Å². The lowest BCUT2D eigenvalue weighted by atomic mass is 9.65. The van der Waals surface area contributed by atoms with Gasteiger partial charge in [-0.1, -0.05) is 36.8 Å². The van der Waals surface area contributed by atoms with Gasteiger partial charge in [0.1, 0.15) is 0 Å². The largest absolute Gasteiger partial charge is 0.395 e. The Morgan fingerprint density at radius 3 is 2.55 bits per heavy atom. The smallest absolute Gasteiger partial charge is 0.317 e. The van der Waals surface area contributed by atoms with Gasteiger partial charge in [-0.05, 0) is 42.6 Å². The third-order valence-electron chi connectivity index (χ3n) is 5.26. The van der Waals surface area contributed by atoms with E-state index in [2.05, 4.69) is 5.32 Å². The molecule has 2 aliphatic rings. The number of hydrogen-bond acceptors (Lipinski definition) is 2. The molecule has 22 heavy (non-hydrogen) atoms. The fourth-order valence-corrected chi connectivity index (χ4v) is 3.60. The number of carbonyl (C=O) groups is 1. The predicted molar refractivity (Wildman–Crippen MR) is 86.3 cm³/mol. The molecule has 120 valence electrons. The van der Waals surface area contributed by atoms with Crippen LogP contribution in [0.25, 0.3) is 0 Å². The number of rotatable bonds is 7. The maximum absolute atomic E-state index is 12.5. The van der Waals surface area contributed by atoms with Crippen LogP contribution in [0.1, 0.15) is 37.7 Å². The molecule has 0 aromatic heterocycles. The van der Waals surface area contributed by atoms with Crippen molar-refractivity contribution in [2.24, 2.45) is 11.3 Å². The van der Waals surface area contributed by atoms with Crippen molar-refractivity contribution < 1.29 is 9.90 Å². The Bertz CT molecular complexity index is 495. The van der Waals surface area contributed by atoms with Gasteiger partial charge < -0.3 is 15.3 Å². The molecule has 1 aromatic carbocycles. The van der Waals surface area contributed by atoms with Crippen LogP contribution in [-0.2, 0) is 6.54 Å². The van der Waals surface area contributed by atoms with Crippen molar-refractivity contribution in [1.29, 1.82) is 0 Å². The molecule has 4 heteroatoms. The minimum atomic E-state index is -0.0511. The van der Waals surface area contributed by atoms with Crippen LogP contribution in [0.15, 0.2) is 30.3 Å². The summed E-state index contributed by atoms with van der Waals surface area (Å²) in [6.45, 7) is 1.71. The predicted octanol–water partition coefficient (Wildman–Crippen LogP) is 2.77. The molecule has 2 N–H and O–H groups in total. The van der Waals surface area contributed by atoms with E-state index >= 15 is 0 Å². The molecule has 4 nitrogen and oxygen atoms in total. The van der Waals surface area contributed by atoms with E-state index in [1.807, 2.05) is 30.3 Å². The van der Waals surface area contributed by atoms with Crippen molar-refractivity contribution in [2.45, 2.75) is 38.6 Å². The Balaban J connectivity index is 1.55. The molecule has 2 aliphatic carbocycles. The zero-order chi connectivity index (χ0) is 15.4. The molecule has 1 aromatic rings. The minimum absolute atomic E-state index is 0.00593. The first-order chi connectivity index (χ1) is 10.7. The minimum Gasteiger partial charge on any atom is -0.395 e. The van der Waals surface area contributed by atoms with Crippen molar-refractivity contribution in [3.05, 3.63) is 35.9 Å². The lowest BCUT2D eigenvalue weighted by Gasteiger charge is -2.43. The van der Waals surface area contributed by atoms with E-state index in [-0.39, 0.29) is 12.6 Å². The summed E-state index contributed by atoms with van der Waals surface area (Å²) in [5, 5.41) is 12.4. The average molecular weight is 302 g/mol. The summed E-state index contributed by atoms with van der Waals surface area (Å²) >= 11 is 0. The Labute approximate surface area is 132 Å². The van der Waals surface area contributed by atoms with E-state index in [1.54, 1.807) is 4.90 Å². The van der Waals surface area contributed by atoms with Crippen LogP contribution in [0.2, 0.25) is 0 Å². The number of nitrogens with zero attached hydrogens (tertiary/aromatic N) is 1. The van der Waals surface area contributed by atoms with E-state index in [4.69, 9.17) is 0 Å². The fraction of sp³-hybridized carbons (Fsp3) is 0.611. The highest BCUT2D eigenvalue weighted by atomic mass is 16.3. The molecule has 0 aliphatic heterocycles. The standard InChI is InChI=1S/C18H26N2O2/c21-12-11-20(13-15-5-2-1-3-6-15)17(22)19-14-18(9-4-10-18)16-7-8-16/h1-3,5-6,16,21H,4,7-14H2,(H,19,22). The molecule has 0 spiro atoms. The van der Waals surface area contributed by atoms with Gasteiger partial charge in [-0.25, -0.2) is 4.79 Å². The van der Waals surface area contributed by atoms with Crippen molar-refractivity contribution in [3.8, 4) is 0 Å². The summed E-state index contributed by atoms with van der Waals surface area (Å²) in [7, 11) is 0. The first-order valence-electron chi connectivity index (χ1n) is 8.41. The molecule has 0 heterocycles. The van der Waals surface area contributed by atoms with Crippen molar-refractivity contribution in [1.82, 2.24) is 10.2 Å². The van der Waals surface area contributed by atoms with Crippen LogP contribution in [0.4, 0.5) is 4.79 Å². The topological polar surface area (TPSA) is 52.6 Å². The van der Waals surface area contributed by atoms with Gasteiger partial charge in [-0.15, -0.1) is 0 Å². The first-order valence-corrected chi connectivity index (χ1v) is 8.41. The SMILES string of the molecule is O=C(NCC1(C2CC2)CCC1)N(CCO)Cc1ccccc1. The molecular weight excluding hydrogens is 276 g/mol. The average Bonchev–Trinajstić information content (AvgIpc) is 3.32. The molecule has 0 saturated heterocycles. The summed E-state index contributed by atoms with van der Waals surface area (Å²) in [6, 6.07) is 9.88. The van der Waals surface area contributed by atoms with E-state index in [9.17, 15) is 9.90 Å². The van der Waals surface area contributed by atoms with Gasteiger partial charge in [0.2, 0.25) is 0 Å². The quantitative estimate of drug-likeness (QED) is 0.814. The third-order valence-corrected chi connectivity index (χ3v) is 5.26. The highest BCUT2D eigenvalue weighted by Crippen LogP contribution is 2.56. The van der Waals surface area contributed by atoms with Crippen LogP contribution in [0.5, 0.6) is 0 Å². The van der Waals surface area contributed by atoms with Crippen LogP contribution >= 0.6 is 0 Å². The Morgan fingerprint density at radius 2 is 2.00 bits per heavy atom. The highest BCUT2D eigenvalue weighted by Gasteiger charge is 2.49. The van der Waals surface area contributed by atoms with Gasteiger partial charge in [0, 0.05) is 19.6 Å². The number of aliphatic hydroxyl groups excluding tert-OH is 1. The molecule has 2 saturated carbocycles. The molecule has 0 unspecified atom stereocenters. The number of benzene rings is 1. The number of carbonyl (C=O) groups excluding carboxylic acids is 1. The monoisotopic (exact) mass is 302 g/mol. The second kappa shape index (κ2) is 6.69. The van der Waals surface area contributed by atoms with Gasteiger partial charge in [0.05, 0.1) is 6.61 Å². The van der Waals surface area contributed by atoms with E-state index in [0.29, 0.717) is 18.5 Å². The molecule has 3 rings (SSSR count). The molecule has 2 amide bonds. The summed E-state index contributed by atoms with van der Waals surface area (Å²) < 4.78 is 0. The normalized spacial score (nSPS) is 19.3. The molecule has 2 fully saturated rings. The maximum atomic E-state index is 12.5.